The van der Waals surface area contributed by atoms with Gasteiger partial charge in [-0.25, -0.2) is 0 Å². The Morgan fingerprint density at radius 3 is 3.00 bits per heavy atom. The minimum absolute atomic E-state index is 0.373. The highest BCUT2D eigenvalue weighted by atomic mass is 15.1. The predicted molar refractivity (Wildman–Crippen MR) is 64.7 cm³/mol. The van der Waals surface area contributed by atoms with Crippen LogP contribution in [0.2, 0.25) is 0 Å². The quantitative estimate of drug-likeness (QED) is 0.705. The second-order valence-corrected chi connectivity index (χ2v) is 5.70. The molecule has 2 N–H and O–H groups in total. The molecular weight excluding hydrogens is 184 g/mol. The van der Waals surface area contributed by atoms with Crippen molar-refractivity contribution in [2.24, 2.45) is 11.1 Å². The van der Waals surface area contributed by atoms with Crippen LogP contribution in [0.5, 0.6) is 0 Å². The average molecular weight is 208 g/mol. The van der Waals surface area contributed by atoms with Crippen LogP contribution in [0, 0.1) is 5.41 Å². The molecule has 2 atom stereocenters. The lowest BCUT2D eigenvalue weighted by atomic mass is 9.84. The van der Waals surface area contributed by atoms with Crippen molar-refractivity contribution >= 4 is 0 Å². The molecular formula is C13H24N2. The van der Waals surface area contributed by atoms with Gasteiger partial charge in [0.1, 0.15) is 0 Å². The van der Waals surface area contributed by atoms with E-state index >= 15 is 0 Å². The van der Waals surface area contributed by atoms with Crippen LogP contribution in [0.25, 0.3) is 0 Å². The van der Waals surface area contributed by atoms with Gasteiger partial charge in [0.25, 0.3) is 0 Å². The molecule has 0 radical (unpaired) electrons. The van der Waals surface area contributed by atoms with E-state index in [0.717, 1.165) is 6.54 Å². The topological polar surface area (TPSA) is 29.3 Å². The van der Waals surface area contributed by atoms with Gasteiger partial charge in [-0.05, 0) is 31.6 Å². The van der Waals surface area contributed by atoms with Crippen molar-refractivity contribution < 1.29 is 0 Å². The fourth-order valence-corrected chi connectivity index (χ4v) is 3.09. The summed E-state index contributed by atoms with van der Waals surface area (Å²) < 4.78 is 0. The summed E-state index contributed by atoms with van der Waals surface area (Å²) in [6, 6.07) is 0.420. The normalized spacial score (nSPS) is 38.1. The Kier molecular flexibility index (Phi) is 3.17. The fraction of sp³-hybridized carbons (Fsp3) is 0.846. The summed E-state index contributed by atoms with van der Waals surface area (Å²) in [5.41, 5.74) is 8.12. The minimum Gasteiger partial charge on any atom is -0.327 e. The van der Waals surface area contributed by atoms with E-state index in [1.54, 1.807) is 0 Å². The van der Waals surface area contributed by atoms with Crippen LogP contribution in [0.1, 0.15) is 39.5 Å². The molecule has 2 aliphatic rings. The van der Waals surface area contributed by atoms with Crippen molar-refractivity contribution in [1.29, 1.82) is 0 Å². The molecule has 1 fully saturated rings. The third-order valence-corrected chi connectivity index (χ3v) is 4.15. The van der Waals surface area contributed by atoms with Crippen LogP contribution in [0.4, 0.5) is 0 Å². The molecule has 2 unspecified atom stereocenters. The van der Waals surface area contributed by atoms with Gasteiger partial charge in [0, 0.05) is 25.7 Å². The first kappa shape index (κ1) is 11.2. The van der Waals surface area contributed by atoms with Crippen LogP contribution in [-0.2, 0) is 0 Å². The van der Waals surface area contributed by atoms with Gasteiger partial charge < -0.3 is 5.73 Å². The second kappa shape index (κ2) is 4.26. The highest BCUT2D eigenvalue weighted by molar-refractivity contribution is 5.06. The van der Waals surface area contributed by atoms with E-state index < -0.39 is 0 Å². The predicted octanol–water partition coefficient (Wildman–Crippen LogP) is 2.16. The van der Waals surface area contributed by atoms with E-state index in [1.807, 2.05) is 0 Å². The van der Waals surface area contributed by atoms with Crippen LogP contribution in [-0.4, -0.2) is 30.6 Å². The summed E-state index contributed by atoms with van der Waals surface area (Å²) >= 11 is 0. The maximum absolute atomic E-state index is 6.22. The lowest BCUT2D eigenvalue weighted by molar-refractivity contribution is 0.159. The van der Waals surface area contributed by atoms with Crippen molar-refractivity contribution in [3.8, 4) is 0 Å². The molecule has 0 aromatic heterocycles. The summed E-state index contributed by atoms with van der Waals surface area (Å²) in [7, 11) is 0. The molecule has 2 rings (SSSR count). The van der Waals surface area contributed by atoms with E-state index in [2.05, 4.69) is 24.8 Å². The fourth-order valence-electron chi connectivity index (χ4n) is 3.09. The first-order chi connectivity index (χ1) is 7.10. The zero-order chi connectivity index (χ0) is 10.9. The van der Waals surface area contributed by atoms with E-state index in [9.17, 15) is 0 Å². The Morgan fingerprint density at radius 2 is 2.40 bits per heavy atom. The van der Waals surface area contributed by atoms with Gasteiger partial charge in [-0.3, -0.25) is 4.90 Å². The maximum atomic E-state index is 6.22. The molecule has 86 valence electrons. The Labute approximate surface area is 93.5 Å². The number of nitrogens with two attached hydrogens (primary N) is 1. The Hall–Kier alpha value is -0.340. The largest absolute Gasteiger partial charge is 0.327 e. The average Bonchev–Trinajstić information content (AvgIpc) is 2.47. The molecule has 0 saturated heterocycles. The van der Waals surface area contributed by atoms with Crippen molar-refractivity contribution in [2.45, 2.75) is 45.6 Å². The van der Waals surface area contributed by atoms with Gasteiger partial charge >= 0.3 is 0 Å². The number of nitrogens with zero attached hydrogens (tertiary/aromatic N) is 1. The van der Waals surface area contributed by atoms with Crippen molar-refractivity contribution in [2.75, 3.05) is 19.6 Å². The zero-order valence-electron chi connectivity index (χ0n) is 10.1. The maximum Gasteiger partial charge on any atom is 0.0190 e. The van der Waals surface area contributed by atoms with Gasteiger partial charge in [0.15, 0.2) is 0 Å². The summed E-state index contributed by atoms with van der Waals surface area (Å²) in [6.45, 7) is 8.18. The Morgan fingerprint density at radius 1 is 1.60 bits per heavy atom. The van der Waals surface area contributed by atoms with E-state index in [-0.39, 0.29) is 0 Å². The SMILES string of the molecule is CC1=CCCN(CC2(C)CCCC2N)C1. The third-order valence-electron chi connectivity index (χ3n) is 4.15. The van der Waals surface area contributed by atoms with E-state index in [1.165, 1.54) is 44.3 Å². The third kappa shape index (κ3) is 2.43. The molecule has 15 heavy (non-hydrogen) atoms. The molecule has 1 aliphatic carbocycles. The number of hydrogen-bond donors (Lipinski definition) is 1. The van der Waals surface area contributed by atoms with Gasteiger partial charge in [-0.15, -0.1) is 0 Å². The molecule has 1 heterocycles. The molecule has 0 aromatic carbocycles. The van der Waals surface area contributed by atoms with Crippen LogP contribution in [0.15, 0.2) is 11.6 Å². The summed E-state index contributed by atoms with van der Waals surface area (Å²) in [5, 5.41) is 0. The van der Waals surface area contributed by atoms with Gasteiger partial charge in [-0.2, -0.15) is 0 Å². The standard InChI is InChI=1S/C13H24N2/c1-11-5-4-8-15(9-11)10-13(2)7-3-6-12(13)14/h5,12H,3-4,6-10,14H2,1-2H3. The van der Waals surface area contributed by atoms with Gasteiger partial charge in [-0.1, -0.05) is 25.0 Å². The highest BCUT2D eigenvalue weighted by Gasteiger charge is 2.37. The molecule has 0 spiro atoms. The molecule has 0 amide bonds. The molecule has 0 aromatic rings. The molecule has 1 saturated carbocycles. The van der Waals surface area contributed by atoms with E-state index in [0.29, 0.717) is 11.5 Å². The van der Waals surface area contributed by atoms with Gasteiger partial charge in [0.2, 0.25) is 0 Å². The number of hydrogen-bond acceptors (Lipinski definition) is 2. The van der Waals surface area contributed by atoms with Crippen LogP contribution in [0.3, 0.4) is 0 Å². The monoisotopic (exact) mass is 208 g/mol. The second-order valence-electron chi connectivity index (χ2n) is 5.70. The summed E-state index contributed by atoms with van der Waals surface area (Å²) in [6.07, 6.45) is 7.44. The zero-order valence-corrected chi connectivity index (χ0v) is 10.1. The summed E-state index contributed by atoms with van der Waals surface area (Å²) in [5.74, 6) is 0. The first-order valence-electron chi connectivity index (χ1n) is 6.24. The van der Waals surface area contributed by atoms with Crippen molar-refractivity contribution in [1.82, 2.24) is 4.90 Å². The smallest absolute Gasteiger partial charge is 0.0190 e. The lowest BCUT2D eigenvalue weighted by Gasteiger charge is -2.37. The molecule has 2 nitrogen and oxygen atoms in total. The minimum atomic E-state index is 0.373. The number of rotatable bonds is 2. The first-order valence-corrected chi connectivity index (χ1v) is 6.24. The van der Waals surface area contributed by atoms with E-state index in [4.69, 9.17) is 5.73 Å². The highest BCUT2D eigenvalue weighted by Crippen LogP contribution is 2.37. The van der Waals surface area contributed by atoms with Crippen molar-refractivity contribution in [3.63, 3.8) is 0 Å². The lowest BCUT2D eigenvalue weighted by Crippen LogP contribution is -2.45. The van der Waals surface area contributed by atoms with Gasteiger partial charge in [0.05, 0.1) is 0 Å². The molecule has 0 bridgehead atoms. The molecule has 2 heteroatoms. The molecule has 1 aliphatic heterocycles. The van der Waals surface area contributed by atoms with Crippen LogP contribution < -0.4 is 5.73 Å². The Balaban J connectivity index is 1.94. The van der Waals surface area contributed by atoms with Crippen LogP contribution >= 0.6 is 0 Å². The summed E-state index contributed by atoms with van der Waals surface area (Å²) in [4.78, 5) is 2.58. The Bertz CT molecular complexity index is 259. The van der Waals surface area contributed by atoms with Crippen molar-refractivity contribution in [3.05, 3.63) is 11.6 Å².